The van der Waals surface area contributed by atoms with Crippen molar-refractivity contribution in [2.75, 3.05) is 6.54 Å². The van der Waals surface area contributed by atoms with Gasteiger partial charge in [0.25, 0.3) is 23.0 Å². The van der Waals surface area contributed by atoms with Crippen molar-refractivity contribution >= 4 is 58.2 Å². The molecular formula is C21H18N4O5S2. The predicted octanol–water partition coefficient (Wildman–Crippen LogP) is 2.67. The summed E-state index contributed by atoms with van der Waals surface area (Å²) in [6.45, 7) is 1.13. The van der Waals surface area contributed by atoms with Crippen molar-refractivity contribution in [3.05, 3.63) is 63.2 Å². The quantitative estimate of drug-likeness (QED) is 0.495. The fraction of sp³-hybridized carbons (Fsp3) is 0.190. The first-order valence-electron chi connectivity index (χ1n) is 9.66. The SMILES string of the molecule is CCC1(c2ccccc2)NC(=O)N(NC(=O)CN2C(=O)S/C(=C\c3cccs3)C2=O)C1=O. The summed E-state index contributed by atoms with van der Waals surface area (Å²) in [5, 5.41) is 4.48. The Hall–Kier alpha value is -3.44. The van der Waals surface area contributed by atoms with Gasteiger partial charge in [-0.2, -0.15) is 5.01 Å². The summed E-state index contributed by atoms with van der Waals surface area (Å²) < 4.78 is 0. The van der Waals surface area contributed by atoms with Crippen LogP contribution in [0.2, 0.25) is 0 Å². The van der Waals surface area contributed by atoms with Crippen LogP contribution in [0.1, 0.15) is 23.8 Å². The maximum atomic E-state index is 13.1. The lowest BCUT2D eigenvalue weighted by molar-refractivity contribution is -0.140. The van der Waals surface area contributed by atoms with Crippen molar-refractivity contribution in [3.63, 3.8) is 0 Å². The molecular weight excluding hydrogens is 452 g/mol. The molecule has 0 radical (unpaired) electrons. The summed E-state index contributed by atoms with van der Waals surface area (Å²) in [6.07, 6.45) is 1.85. The number of hydrogen-bond acceptors (Lipinski definition) is 7. The van der Waals surface area contributed by atoms with Crippen molar-refractivity contribution in [1.29, 1.82) is 0 Å². The number of imide groups is 2. The van der Waals surface area contributed by atoms with Crippen molar-refractivity contribution in [2.24, 2.45) is 0 Å². The number of amides is 6. The van der Waals surface area contributed by atoms with E-state index >= 15 is 0 Å². The molecule has 32 heavy (non-hydrogen) atoms. The van der Waals surface area contributed by atoms with E-state index in [0.29, 0.717) is 10.6 Å². The number of thiophene rings is 1. The minimum atomic E-state index is -1.31. The predicted molar refractivity (Wildman–Crippen MR) is 119 cm³/mol. The fourth-order valence-corrected chi connectivity index (χ4v) is 5.04. The molecule has 0 aliphatic carbocycles. The summed E-state index contributed by atoms with van der Waals surface area (Å²) in [5.41, 5.74) is 1.50. The van der Waals surface area contributed by atoms with Gasteiger partial charge >= 0.3 is 6.03 Å². The minimum Gasteiger partial charge on any atom is -0.318 e. The van der Waals surface area contributed by atoms with E-state index in [-0.39, 0.29) is 11.3 Å². The highest BCUT2D eigenvalue weighted by Crippen LogP contribution is 2.33. The van der Waals surface area contributed by atoms with E-state index < -0.39 is 41.1 Å². The van der Waals surface area contributed by atoms with Gasteiger partial charge in [-0.1, -0.05) is 43.3 Å². The van der Waals surface area contributed by atoms with E-state index in [0.717, 1.165) is 21.5 Å². The van der Waals surface area contributed by atoms with Crippen LogP contribution in [-0.2, 0) is 19.9 Å². The van der Waals surface area contributed by atoms with Gasteiger partial charge < -0.3 is 5.32 Å². The maximum Gasteiger partial charge on any atom is 0.344 e. The van der Waals surface area contributed by atoms with E-state index in [1.54, 1.807) is 49.4 Å². The van der Waals surface area contributed by atoms with Crippen LogP contribution in [0.5, 0.6) is 0 Å². The summed E-state index contributed by atoms with van der Waals surface area (Å²) in [6, 6.07) is 11.5. The largest absolute Gasteiger partial charge is 0.344 e. The zero-order valence-electron chi connectivity index (χ0n) is 16.9. The Morgan fingerprint density at radius 3 is 2.53 bits per heavy atom. The number of thioether (sulfide) groups is 1. The normalized spacial score (nSPS) is 22.1. The number of benzene rings is 1. The number of urea groups is 1. The first kappa shape index (κ1) is 21.8. The molecule has 2 aromatic rings. The molecule has 164 valence electrons. The number of rotatable bonds is 6. The van der Waals surface area contributed by atoms with E-state index in [1.807, 2.05) is 11.4 Å². The first-order chi connectivity index (χ1) is 15.4. The average Bonchev–Trinajstić information content (AvgIpc) is 3.46. The second-order valence-corrected chi connectivity index (χ2v) is 8.99. The number of hydrazine groups is 1. The molecule has 0 saturated carbocycles. The van der Waals surface area contributed by atoms with Gasteiger partial charge in [-0.05, 0) is 41.3 Å². The van der Waals surface area contributed by atoms with Crippen LogP contribution < -0.4 is 10.7 Å². The smallest absolute Gasteiger partial charge is 0.318 e. The number of hydrogen-bond donors (Lipinski definition) is 2. The monoisotopic (exact) mass is 470 g/mol. The molecule has 1 atom stereocenters. The lowest BCUT2D eigenvalue weighted by Crippen LogP contribution is -2.51. The molecule has 0 spiro atoms. The Labute approximate surface area is 191 Å². The first-order valence-corrected chi connectivity index (χ1v) is 11.4. The molecule has 2 saturated heterocycles. The maximum absolute atomic E-state index is 13.1. The Balaban J connectivity index is 1.46. The van der Waals surface area contributed by atoms with Crippen LogP contribution in [0.15, 0.2) is 52.7 Å². The Bertz CT molecular complexity index is 1130. The van der Waals surface area contributed by atoms with Crippen molar-refractivity contribution in [3.8, 4) is 0 Å². The second-order valence-electron chi connectivity index (χ2n) is 7.01. The van der Waals surface area contributed by atoms with Crippen molar-refractivity contribution in [1.82, 2.24) is 20.7 Å². The molecule has 6 amide bonds. The minimum absolute atomic E-state index is 0.203. The molecule has 11 heteroatoms. The highest BCUT2D eigenvalue weighted by molar-refractivity contribution is 8.18. The van der Waals surface area contributed by atoms with Crippen LogP contribution >= 0.6 is 23.1 Å². The highest BCUT2D eigenvalue weighted by atomic mass is 32.2. The molecule has 1 unspecified atom stereocenters. The van der Waals surface area contributed by atoms with Crippen LogP contribution in [0.4, 0.5) is 9.59 Å². The molecule has 3 heterocycles. The topological polar surface area (TPSA) is 116 Å². The molecule has 2 N–H and O–H groups in total. The van der Waals surface area contributed by atoms with Crippen LogP contribution in [0.25, 0.3) is 6.08 Å². The molecule has 1 aromatic heterocycles. The van der Waals surface area contributed by atoms with Crippen molar-refractivity contribution in [2.45, 2.75) is 18.9 Å². The van der Waals surface area contributed by atoms with Gasteiger partial charge in [0.2, 0.25) is 0 Å². The second kappa shape index (κ2) is 8.60. The van der Waals surface area contributed by atoms with Gasteiger partial charge in [0.1, 0.15) is 12.1 Å². The molecule has 1 aromatic carbocycles. The summed E-state index contributed by atoms with van der Waals surface area (Å²) in [5.74, 6) is -2.09. The molecule has 4 rings (SSSR count). The number of carbonyl (C=O) groups excluding carboxylic acids is 5. The third-order valence-corrected chi connectivity index (χ3v) is 6.84. The standard InChI is InChI=1S/C21H18N4O5S2/c1-2-21(13-7-4-3-5-8-13)18(28)25(19(29)22-21)23-16(26)12-24-17(27)15(32-20(24)30)11-14-9-6-10-31-14/h3-11H,2,12H2,1H3,(H,22,29)(H,23,26)/b15-11-. The molecule has 9 nitrogen and oxygen atoms in total. The Morgan fingerprint density at radius 2 is 1.88 bits per heavy atom. The summed E-state index contributed by atoms with van der Waals surface area (Å²) in [7, 11) is 0. The van der Waals surface area contributed by atoms with Gasteiger partial charge in [0, 0.05) is 4.88 Å². The molecule has 2 aliphatic heterocycles. The van der Waals surface area contributed by atoms with Crippen LogP contribution in [0, 0.1) is 0 Å². The van der Waals surface area contributed by atoms with E-state index in [9.17, 15) is 24.0 Å². The Morgan fingerprint density at radius 1 is 1.12 bits per heavy atom. The van der Waals surface area contributed by atoms with Gasteiger partial charge in [-0.15, -0.1) is 11.3 Å². The lowest BCUT2D eigenvalue weighted by Gasteiger charge is -2.25. The summed E-state index contributed by atoms with van der Waals surface area (Å²) in [4.78, 5) is 64.7. The van der Waals surface area contributed by atoms with E-state index in [4.69, 9.17) is 0 Å². The third kappa shape index (κ3) is 3.80. The van der Waals surface area contributed by atoms with Gasteiger partial charge in [0.05, 0.1) is 4.91 Å². The van der Waals surface area contributed by atoms with Gasteiger partial charge in [-0.3, -0.25) is 29.5 Å². The fourth-order valence-electron chi connectivity index (χ4n) is 3.48. The molecule has 2 fully saturated rings. The third-order valence-electron chi connectivity index (χ3n) is 5.12. The van der Waals surface area contributed by atoms with Crippen LogP contribution in [-0.4, -0.2) is 45.4 Å². The zero-order chi connectivity index (χ0) is 22.9. The number of carbonyl (C=O) groups is 5. The lowest BCUT2D eigenvalue weighted by atomic mass is 9.87. The molecule has 0 bridgehead atoms. The zero-order valence-corrected chi connectivity index (χ0v) is 18.5. The van der Waals surface area contributed by atoms with E-state index in [1.165, 1.54) is 11.3 Å². The van der Waals surface area contributed by atoms with E-state index in [2.05, 4.69) is 10.7 Å². The molecule has 2 aliphatic rings. The number of nitrogens with one attached hydrogen (secondary N) is 2. The van der Waals surface area contributed by atoms with Crippen molar-refractivity contribution < 1.29 is 24.0 Å². The Kier molecular flexibility index (Phi) is 5.85. The number of nitrogens with zero attached hydrogens (tertiary/aromatic N) is 2. The highest BCUT2D eigenvalue weighted by Gasteiger charge is 2.52. The summed E-state index contributed by atoms with van der Waals surface area (Å²) >= 11 is 2.14. The van der Waals surface area contributed by atoms with Crippen LogP contribution in [0.3, 0.4) is 0 Å². The van der Waals surface area contributed by atoms with Gasteiger partial charge in [0.15, 0.2) is 0 Å². The van der Waals surface area contributed by atoms with Gasteiger partial charge in [-0.25, -0.2) is 4.79 Å². The average molecular weight is 471 g/mol.